The van der Waals surface area contributed by atoms with Gasteiger partial charge >= 0.3 is 0 Å². The average molecular weight is 394 g/mol. The van der Waals surface area contributed by atoms with E-state index in [0.717, 1.165) is 51.3 Å². The highest BCUT2D eigenvalue weighted by atomic mass is 32.1. The molecule has 0 aliphatic carbocycles. The first-order valence-corrected chi connectivity index (χ1v) is 10.9. The fourth-order valence-electron chi connectivity index (χ4n) is 4.48. The Morgan fingerprint density at radius 3 is 2.89 bits per heavy atom. The summed E-state index contributed by atoms with van der Waals surface area (Å²) >= 11 is 1.88. The van der Waals surface area contributed by atoms with Crippen molar-refractivity contribution >= 4 is 11.3 Å². The van der Waals surface area contributed by atoms with Gasteiger partial charge in [0.1, 0.15) is 5.01 Å². The van der Waals surface area contributed by atoms with Crippen LogP contribution in [0.1, 0.15) is 40.7 Å². The van der Waals surface area contributed by atoms with Gasteiger partial charge in [-0.1, -0.05) is 32.0 Å². The SMILES string of the molecule is CC1(C)Cc2c(cnn2-c2ccccc2)CN(Cc2nc3c(s2)CNCC3)C1. The molecule has 2 aliphatic heterocycles. The highest BCUT2D eigenvalue weighted by molar-refractivity contribution is 7.11. The quantitative estimate of drug-likeness (QED) is 0.739. The van der Waals surface area contributed by atoms with Crippen LogP contribution in [0.4, 0.5) is 0 Å². The molecule has 0 fully saturated rings. The van der Waals surface area contributed by atoms with Gasteiger partial charge in [-0.2, -0.15) is 5.10 Å². The zero-order chi connectivity index (χ0) is 19.1. The van der Waals surface area contributed by atoms with Crippen molar-refractivity contribution in [1.82, 2.24) is 25.0 Å². The number of nitrogens with zero attached hydrogens (tertiary/aromatic N) is 4. The molecule has 28 heavy (non-hydrogen) atoms. The number of rotatable bonds is 3. The van der Waals surface area contributed by atoms with Crippen LogP contribution in [0.3, 0.4) is 0 Å². The van der Waals surface area contributed by atoms with Gasteiger partial charge in [-0.25, -0.2) is 9.67 Å². The van der Waals surface area contributed by atoms with Crippen molar-refractivity contribution in [3.8, 4) is 5.69 Å². The summed E-state index contributed by atoms with van der Waals surface area (Å²) in [6.07, 6.45) is 4.16. The summed E-state index contributed by atoms with van der Waals surface area (Å²) < 4.78 is 2.13. The molecule has 6 heteroatoms. The maximum atomic E-state index is 4.95. The number of benzene rings is 1. The molecule has 0 radical (unpaired) electrons. The molecular weight excluding hydrogens is 366 g/mol. The van der Waals surface area contributed by atoms with E-state index < -0.39 is 0 Å². The van der Waals surface area contributed by atoms with Gasteiger partial charge in [-0.05, 0) is 24.0 Å². The third-order valence-electron chi connectivity index (χ3n) is 5.65. The zero-order valence-electron chi connectivity index (χ0n) is 16.6. The van der Waals surface area contributed by atoms with E-state index in [0.29, 0.717) is 0 Å². The molecule has 146 valence electrons. The van der Waals surface area contributed by atoms with Crippen molar-refractivity contribution in [2.24, 2.45) is 5.41 Å². The molecule has 5 rings (SSSR count). The van der Waals surface area contributed by atoms with E-state index in [1.165, 1.54) is 26.8 Å². The van der Waals surface area contributed by atoms with Crippen LogP contribution in [-0.4, -0.2) is 32.8 Å². The first-order chi connectivity index (χ1) is 13.6. The third kappa shape index (κ3) is 3.52. The number of hydrogen-bond acceptors (Lipinski definition) is 5. The second-order valence-corrected chi connectivity index (χ2v) is 9.92. The molecule has 5 nitrogen and oxygen atoms in total. The molecular formula is C22H27N5S. The molecule has 2 aliphatic rings. The molecule has 0 unspecified atom stereocenters. The Morgan fingerprint density at radius 2 is 2.07 bits per heavy atom. The van der Waals surface area contributed by atoms with E-state index in [4.69, 9.17) is 10.1 Å². The minimum Gasteiger partial charge on any atom is -0.311 e. The smallest absolute Gasteiger partial charge is 0.107 e. The van der Waals surface area contributed by atoms with E-state index in [1.807, 2.05) is 11.3 Å². The first-order valence-electron chi connectivity index (χ1n) is 10.1. The lowest BCUT2D eigenvalue weighted by Crippen LogP contribution is -2.32. The summed E-state index contributed by atoms with van der Waals surface area (Å²) in [4.78, 5) is 8.93. The number of thiazole rings is 1. The summed E-state index contributed by atoms with van der Waals surface area (Å²) in [6.45, 7) is 9.70. The Morgan fingerprint density at radius 1 is 1.21 bits per heavy atom. The summed E-state index contributed by atoms with van der Waals surface area (Å²) in [6, 6.07) is 10.5. The van der Waals surface area contributed by atoms with Gasteiger partial charge in [-0.15, -0.1) is 11.3 Å². The molecule has 1 N–H and O–H groups in total. The van der Waals surface area contributed by atoms with E-state index in [1.54, 1.807) is 0 Å². The van der Waals surface area contributed by atoms with E-state index in [9.17, 15) is 0 Å². The molecule has 0 atom stereocenters. The van der Waals surface area contributed by atoms with Gasteiger partial charge in [0.25, 0.3) is 0 Å². The molecule has 0 spiro atoms. The van der Waals surface area contributed by atoms with Crippen molar-refractivity contribution in [2.75, 3.05) is 13.1 Å². The van der Waals surface area contributed by atoms with Crippen LogP contribution in [0.15, 0.2) is 36.5 Å². The lowest BCUT2D eigenvalue weighted by molar-refractivity contribution is 0.173. The van der Waals surface area contributed by atoms with Gasteiger partial charge in [0, 0.05) is 48.7 Å². The second-order valence-electron chi connectivity index (χ2n) is 8.75. The minimum atomic E-state index is 0.191. The molecule has 1 aromatic carbocycles. The van der Waals surface area contributed by atoms with Crippen molar-refractivity contribution in [1.29, 1.82) is 0 Å². The van der Waals surface area contributed by atoms with Crippen LogP contribution in [0.2, 0.25) is 0 Å². The second kappa shape index (κ2) is 7.10. The van der Waals surface area contributed by atoms with Crippen LogP contribution in [0.5, 0.6) is 0 Å². The maximum absolute atomic E-state index is 4.95. The highest BCUT2D eigenvalue weighted by Crippen LogP contribution is 2.33. The maximum Gasteiger partial charge on any atom is 0.107 e. The number of para-hydroxylation sites is 1. The van der Waals surface area contributed by atoms with Crippen LogP contribution >= 0.6 is 11.3 Å². The molecule has 0 saturated carbocycles. The third-order valence-corrected chi connectivity index (χ3v) is 6.74. The Bertz CT molecular complexity index is 949. The first kappa shape index (κ1) is 18.0. The standard InChI is InChI=1S/C22H27N5S/c1-22(2)10-19-16(11-24-27(19)17-6-4-3-5-7-17)13-26(15-22)14-21-25-18-8-9-23-12-20(18)28-21/h3-7,11,23H,8-10,12-15H2,1-2H3. The van der Waals surface area contributed by atoms with Gasteiger partial charge < -0.3 is 5.32 Å². The number of fused-ring (bicyclic) bond motifs is 2. The van der Waals surface area contributed by atoms with Crippen molar-refractivity contribution < 1.29 is 0 Å². The summed E-state index contributed by atoms with van der Waals surface area (Å²) in [5, 5.41) is 9.45. The molecule has 0 bridgehead atoms. The average Bonchev–Trinajstić information content (AvgIpc) is 3.22. The normalized spacial score (nSPS) is 19.1. The number of nitrogens with one attached hydrogen (secondary N) is 1. The lowest BCUT2D eigenvalue weighted by Gasteiger charge is -2.29. The Balaban J connectivity index is 1.43. The molecule has 0 amide bonds. The van der Waals surface area contributed by atoms with Crippen LogP contribution < -0.4 is 5.32 Å². The zero-order valence-corrected chi connectivity index (χ0v) is 17.4. The van der Waals surface area contributed by atoms with Crippen molar-refractivity contribution in [2.45, 2.75) is 46.3 Å². The highest BCUT2D eigenvalue weighted by Gasteiger charge is 2.31. The fourth-order valence-corrected chi connectivity index (χ4v) is 5.61. The summed E-state index contributed by atoms with van der Waals surface area (Å²) in [7, 11) is 0. The monoisotopic (exact) mass is 393 g/mol. The van der Waals surface area contributed by atoms with Gasteiger partial charge in [-0.3, -0.25) is 4.90 Å². The van der Waals surface area contributed by atoms with E-state index in [-0.39, 0.29) is 5.41 Å². The van der Waals surface area contributed by atoms with Gasteiger partial charge in [0.05, 0.1) is 24.1 Å². The predicted molar refractivity (Wildman–Crippen MR) is 113 cm³/mol. The molecule has 3 aromatic rings. The van der Waals surface area contributed by atoms with E-state index >= 15 is 0 Å². The molecule has 0 saturated heterocycles. The Hall–Kier alpha value is -2.02. The minimum absolute atomic E-state index is 0.191. The van der Waals surface area contributed by atoms with Gasteiger partial charge in [0.2, 0.25) is 0 Å². The lowest BCUT2D eigenvalue weighted by atomic mass is 9.87. The molecule has 2 aromatic heterocycles. The molecule has 4 heterocycles. The summed E-state index contributed by atoms with van der Waals surface area (Å²) in [5.41, 5.74) is 5.34. The van der Waals surface area contributed by atoms with E-state index in [2.05, 4.69) is 65.3 Å². The number of hydrogen-bond donors (Lipinski definition) is 1. The Kier molecular flexibility index (Phi) is 4.57. The topological polar surface area (TPSA) is 46.0 Å². The van der Waals surface area contributed by atoms with Gasteiger partial charge in [0.15, 0.2) is 0 Å². The van der Waals surface area contributed by atoms with Crippen molar-refractivity contribution in [3.05, 3.63) is 63.4 Å². The van der Waals surface area contributed by atoms with Crippen molar-refractivity contribution in [3.63, 3.8) is 0 Å². The Labute approximate surface area is 170 Å². The fraction of sp³-hybridized carbons (Fsp3) is 0.455. The largest absolute Gasteiger partial charge is 0.311 e. The van der Waals surface area contributed by atoms with Crippen LogP contribution in [0.25, 0.3) is 5.69 Å². The summed E-state index contributed by atoms with van der Waals surface area (Å²) in [5.74, 6) is 0. The predicted octanol–water partition coefficient (Wildman–Crippen LogP) is 3.56. The van der Waals surface area contributed by atoms with Crippen LogP contribution in [0, 0.1) is 5.41 Å². The van der Waals surface area contributed by atoms with Crippen LogP contribution in [-0.2, 0) is 32.5 Å². The number of aromatic nitrogens is 3.